The highest BCUT2D eigenvalue weighted by Crippen LogP contribution is 1.99. The number of hydrogen-bond donors (Lipinski definition) is 3. The number of carboxylic acid groups (broad SMARTS) is 1. The smallest absolute Gasteiger partial charge is 0.315 e. The zero-order valence-corrected chi connectivity index (χ0v) is 10.1. The van der Waals surface area contributed by atoms with Gasteiger partial charge in [-0.15, -0.1) is 0 Å². The Hall–Kier alpha value is -1.98. The molecule has 0 aromatic carbocycles. The summed E-state index contributed by atoms with van der Waals surface area (Å²) in [5.74, 6) is -0.0780. The van der Waals surface area contributed by atoms with Gasteiger partial charge in [0.2, 0.25) is 0 Å². The highest BCUT2D eigenvalue weighted by atomic mass is 16.4. The van der Waals surface area contributed by atoms with Gasteiger partial charge in [-0.25, -0.2) is 4.79 Å². The number of nitrogens with one attached hydrogen (secondary N) is 2. The van der Waals surface area contributed by atoms with Crippen LogP contribution in [0.1, 0.15) is 31.4 Å². The van der Waals surface area contributed by atoms with Gasteiger partial charge in [0.15, 0.2) is 0 Å². The fourth-order valence-electron chi connectivity index (χ4n) is 1.42. The maximum atomic E-state index is 11.3. The van der Waals surface area contributed by atoms with Crippen LogP contribution >= 0.6 is 0 Å². The van der Waals surface area contributed by atoms with Crippen LogP contribution in [0, 0.1) is 0 Å². The number of hydrogen-bond acceptors (Lipinski definition) is 3. The lowest BCUT2D eigenvalue weighted by molar-refractivity contribution is -0.137. The van der Waals surface area contributed by atoms with Crippen molar-refractivity contribution in [2.45, 2.75) is 32.2 Å². The van der Waals surface area contributed by atoms with Crippen LogP contribution in [0.4, 0.5) is 4.79 Å². The second-order valence-corrected chi connectivity index (χ2v) is 3.89. The van der Waals surface area contributed by atoms with Gasteiger partial charge in [-0.2, -0.15) is 0 Å². The van der Waals surface area contributed by atoms with Crippen molar-refractivity contribution in [1.82, 2.24) is 10.6 Å². The summed E-state index contributed by atoms with van der Waals surface area (Å²) in [6, 6.07) is 3.30. The van der Waals surface area contributed by atoms with Crippen molar-refractivity contribution in [1.29, 1.82) is 0 Å². The number of carbonyl (C=O) groups is 2. The van der Waals surface area contributed by atoms with E-state index in [9.17, 15) is 9.59 Å². The van der Waals surface area contributed by atoms with Crippen LogP contribution < -0.4 is 10.6 Å². The zero-order valence-electron chi connectivity index (χ0n) is 10.1. The molecule has 0 atom stereocenters. The van der Waals surface area contributed by atoms with Gasteiger partial charge in [0.1, 0.15) is 5.76 Å². The first-order valence-electron chi connectivity index (χ1n) is 5.94. The molecule has 0 saturated heterocycles. The number of aliphatic carboxylic acids is 1. The molecule has 2 amide bonds. The molecule has 0 spiro atoms. The van der Waals surface area contributed by atoms with E-state index in [1.165, 1.54) is 0 Å². The fraction of sp³-hybridized carbons (Fsp3) is 0.500. The van der Waals surface area contributed by atoms with Crippen molar-refractivity contribution < 1.29 is 19.1 Å². The lowest BCUT2D eigenvalue weighted by Gasteiger charge is -2.05. The van der Waals surface area contributed by atoms with Crippen LogP contribution in [-0.4, -0.2) is 23.7 Å². The summed E-state index contributed by atoms with van der Waals surface area (Å²) in [6.07, 6.45) is 3.96. The molecule has 0 aliphatic rings. The molecule has 6 nitrogen and oxygen atoms in total. The monoisotopic (exact) mass is 254 g/mol. The number of carbonyl (C=O) groups excluding carboxylic acids is 1. The molecule has 1 aromatic heterocycles. The minimum Gasteiger partial charge on any atom is -0.481 e. The molecule has 1 rings (SSSR count). The molecule has 0 bridgehead atoms. The van der Waals surface area contributed by atoms with E-state index < -0.39 is 5.97 Å². The van der Waals surface area contributed by atoms with Crippen molar-refractivity contribution in [3.63, 3.8) is 0 Å². The second-order valence-electron chi connectivity index (χ2n) is 3.89. The van der Waals surface area contributed by atoms with Crippen LogP contribution in [0.5, 0.6) is 0 Å². The first-order chi connectivity index (χ1) is 8.68. The van der Waals surface area contributed by atoms with Crippen molar-refractivity contribution in [2.24, 2.45) is 0 Å². The summed E-state index contributed by atoms with van der Waals surface area (Å²) in [7, 11) is 0. The van der Waals surface area contributed by atoms with Crippen molar-refractivity contribution in [3.05, 3.63) is 24.2 Å². The van der Waals surface area contributed by atoms with E-state index in [2.05, 4.69) is 10.6 Å². The van der Waals surface area contributed by atoms with Gasteiger partial charge in [0.25, 0.3) is 0 Å². The SMILES string of the molecule is O=C(O)CCCCCNC(=O)NCc1ccco1. The third-order valence-electron chi connectivity index (χ3n) is 2.36. The summed E-state index contributed by atoms with van der Waals surface area (Å²) in [4.78, 5) is 21.6. The second kappa shape index (κ2) is 8.16. The Bertz CT molecular complexity index is 362. The van der Waals surface area contributed by atoms with E-state index in [4.69, 9.17) is 9.52 Å². The van der Waals surface area contributed by atoms with E-state index in [1.807, 2.05) is 0 Å². The number of furan rings is 1. The summed E-state index contributed by atoms with van der Waals surface area (Å²) in [5.41, 5.74) is 0. The first kappa shape index (κ1) is 14.1. The summed E-state index contributed by atoms with van der Waals surface area (Å²) in [5, 5.41) is 13.8. The minimum absolute atomic E-state index is 0.185. The Balaban J connectivity index is 1.95. The van der Waals surface area contributed by atoms with Gasteiger partial charge >= 0.3 is 12.0 Å². The van der Waals surface area contributed by atoms with Gasteiger partial charge in [-0.1, -0.05) is 6.42 Å². The molecule has 0 aliphatic carbocycles. The van der Waals surface area contributed by atoms with Crippen molar-refractivity contribution in [2.75, 3.05) is 6.54 Å². The fourth-order valence-corrected chi connectivity index (χ4v) is 1.42. The number of urea groups is 1. The third-order valence-corrected chi connectivity index (χ3v) is 2.36. The van der Waals surface area contributed by atoms with Gasteiger partial charge in [0, 0.05) is 13.0 Å². The molecule has 1 heterocycles. The lowest BCUT2D eigenvalue weighted by Crippen LogP contribution is -2.35. The van der Waals surface area contributed by atoms with Gasteiger partial charge in [0.05, 0.1) is 12.8 Å². The standard InChI is InChI=1S/C12H18N2O4/c15-11(16)6-2-1-3-7-13-12(17)14-9-10-5-4-8-18-10/h4-5,8H,1-3,6-7,9H2,(H,15,16)(H2,13,14,17). The number of amides is 2. The predicted octanol–water partition coefficient (Wildman–Crippen LogP) is 1.72. The third kappa shape index (κ3) is 6.57. The van der Waals surface area contributed by atoms with Crippen LogP contribution in [0.25, 0.3) is 0 Å². The molecule has 0 saturated carbocycles. The van der Waals surface area contributed by atoms with E-state index in [0.29, 0.717) is 25.3 Å². The highest BCUT2D eigenvalue weighted by Gasteiger charge is 2.01. The molecule has 0 aliphatic heterocycles. The molecule has 6 heteroatoms. The topological polar surface area (TPSA) is 91.6 Å². The van der Waals surface area contributed by atoms with E-state index in [0.717, 1.165) is 12.8 Å². The predicted molar refractivity (Wildman–Crippen MR) is 65.1 cm³/mol. The molecule has 0 unspecified atom stereocenters. The Labute approximate surface area is 105 Å². The molecule has 3 N–H and O–H groups in total. The minimum atomic E-state index is -0.779. The highest BCUT2D eigenvalue weighted by molar-refractivity contribution is 5.73. The molecular weight excluding hydrogens is 236 g/mol. The molecule has 18 heavy (non-hydrogen) atoms. The van der Waals surface area contributed by atoms with Gasteiger partial charge in [-0.05, 0) is 25.0 Å². The Kier molecular flexibility index (Phi) is 6.38. The van der Waals surface area contributed by atoms with Crippen LogP contribution in [0.15, 0.2) is 22.8 Å². The quantitative estimate of drug-likeness (QED) is 0.616. The van der Waals surface area contributed by atoms with Gasteiger partial charge in [-0.3, -0.25) is 4.79 Å². The number of rotatable bonds is 8. The molecule has 0 radical (unpaired) electrons. The van der Waals surface area contributed by atoms with E-state index >= 15 is 0 Å². The van der Waals surface area contributed by atoms with Crippen molar-refractivity contribution in [3.8, 4) is 0 Å². The number of unbranched alkanes of at least 4 members (excludes halogenated alkanes) is 2. The average Bonchev–Trinajstić information content (AvgIpc) is 2.83. The maximum Gasteiger partial charge on any atom is 0.315 e. The van der Waals surface area contributed by atoms with Crippen molar-refractivity contribution >= 4 is 12.0 Å². The molecule has 1 aromatic rings. The van der Waals surface area contributed by atoms with Gasteiger partial charge < -0.3 is 20.2 Å². The maximum absolute atomic E-state index is 11.3. The summed E-state index contributed by atoms with van der Waals surface area (Å²) < 4.78 is 5.07. The molecule has 0 fully saturated rings. The normalized spacial score (nSPS) is 10.0. The summed E-state index contributed by atoms with van der Waals surface area (Å²) >= 11 is 0. The Morgan fingerprint density at radius 2 is 2.06 bits per heavy atom. The van der Waals surface area contributed by atoms with E-state index in [-0.39, 0.29) is 12.5 Å². The largest absolute Gasteiger partial charge is 0.481 e. The first-order valence-corrected chi connectivity index (χ1v) is 5.94. The Morgan fingerprint density at radius 1 is 1.22 bits per heavy atom. The van der Waals surface area contributed by atoms with E-state index in [1.54, 1.807) is 18.4 Å². The molecular formula is C12H18N2O4. The summed E-state index contributed by atoms with van der Waals surface area (Å²) in [6.45, 7) is 0.904. The Morgan fingerprint density at radius 3 is 2.72 bits per heavy atom. The molecule has 100 valence electrons. The average molecular weight is 254 g/mol. The number of carboxylic acids is 1. The van der Waals surface area contributed by atoms with Crippen LogP contribution in [0.2, 0.25) is 0 Å². The zero-order chi connectivity index (χ0) is 13.2. The van der Waals surface area contributed by atoms with Crippen LogP contribution in [-0.2, 0) is 11.3 Å². The lowest BCUT2D eigenvalue weighted by atomic mass is 10.2. The van der Waals surface area contributed by atoms with Crippen LogP contribution in [0.3, 0.4) is 0 Å².